The highest BCUT2D eigenvalue weighted by Gasteiger charge is 2.09. The number of nitrogens with zero attached hydrogens (tertiary/aromatic N) is 3. The Morgan fingerprint density at radius 3 is 2.52 bits per heavy atom. The van der Waals surface area contributed by atoms with Crippen LogP contribution in [0.5, 0.6) is 0 Å². The predicted molar refractivity (Wildman–Crippen MR) is 94.1 cm³/mol. The van der Waals surface area contributed by atoms with Crippen molar-refractivity contribution in [3.63, 3.8) is 0 Å². The Morgan fingerprint density at radius 1 is 1.17 bits per heavy atom. The number of hydrogen-bond acceptors (Lipinski definition) is 5. The van der Waals surface area contributed by atoms with E-state index in [4.69, 9.17) is 4.52 Å². The van der Waals surface area contributed by atoms with Crippen molar-refractivity contribution in [3.05, 3.63) is 32.6 Å². The minimum absolute atomic E-state index is 0.651. The van der Waals surface area contributed by atoms with Crippen molar-refractivity contribution in [1.82, 2.24) is 20.8 Å². The van der Waals surface area contributed by atoms with Gasteiger partial charge < -0.3 is 15.2 Å². The van der Waals surface area contributed by atoms with Crippen LogP contribution in [0.15, 0.2) is 9.52 Å². The smallest absolute Gasteiger partial charge is 0.191 e. The van der Waals surface area contributed by atoms with E-state index in [0.29, 0.717) is 6.54 Å². The zero-order valence-electron chi connectivity index (χ0n) is 14.5. The molecule has 2 rings (SSSR count). The molecule has 0 unspecified atom stereocenters. The lowest BCUT2D eigenvalue weighted by atomic mass is 10.1. The van der Waals surface area contributed by atoms with Crippen LogP contribution >= 0.6 is 11.3 Å². The molecule has 2 aromatic heterocycles. The molecule has 6 nitrogen and oxygen atoms in total. The average Bonchev–Trinajstić information content (AvgIpc) is 2.99. The summed E-state index contributed by atoms with van der Waals surface area (Å²) >= 11 is 1.71. The summed E-state index contributed by atoms with van der Waals surface area (Å²) in [6, 6.07) is 0. The predicted octanol–water partition coefficient (Wildman–Crippen LogP) is 2.66. The molecule has 0 bridgehead atoms. The van der Waals surface area contributed by atoms with Crippen LogP contribution in [-0.4, -0.2) is 29.2 Å². The van der Waals surface area contributed by atoms with Gasteiger partial charge in [0.2, 0.25) is 0 Å². The zero-order chi connectivity index (χ0) is 16.8. The van der Waals surface area contributed by atoms with E-state index in [0.717, 1.165) is 47.6 Å². The summed E-state index contributed by atoms with van der Waals surface area (Å²) in [5.74, 6) is 1.71. The van der Waals surface area contributed by atoms with Crippen molar-refractivity contribution in [2.45, 2.75) is 47.6 Å². The highest BCUT2D eigenvalue weighted by Crippen LogP contribution is 2.17. The fourth-order valence-electron chi connectivity index (χ4n) is 2.38. The van der Waals surface area contributed by atoms with Crippen LogP contribution in [0.4, 0.5) is 0 Å². The van der Waals surface area contributed by atoms with Gasteiger partial charge in [-0.15, -0.1) is 11.3 Å². The molecule has 0 radical (unpaired) electrons. The Kier molecular flexibility index (Phi) is 6.15. The van der Waals surface area contributed by atoms with Gasteiger partial charge in [0.1, 0.15) is 5.76 Å². The molecule has 0 aliphatic carbocycles. The Balaban J connectivity index is 1.93. The molecule has 0 saturated carbocycles. The van der Waals surface area contributed by atoms with E-state index in [-0.39, 0.29) is 0 Å². The molecule has 7 heteroatoms. The number of hydrogen-bond donors (Lipinski definition) is 2. The summed E-state index contributed by atoms with van der Waals surface area (Å²) in [4.78, 5) is 10.3. The van der Waals surface area contributed by atoms with E-state index in [1.54, 1.807) is 11.3 Å². The maximum atomic E-state index is 5.19. The van der Waals surface area contributed by atoms with Crippen molar-refractivity contribution in [3.8, 4) is 0 Å². The normalized spacial score (nSPS) is 11.8. The molecule has 2 N–H and O–H groups in total. The van der Waals surface area contributed by atoms with Crippen LogP contribution in [0, 0.1) is 27.7 Å². The molecule has 0 aliphatic rings. The molecule has 0 aliphatic heterocycles. The first-order valence-electron chi connectivity index (χ1n) is 7.88. The Bertz CT molecular complexity index is 655. The number of rotatable bonds is 6. The van der Waals surface area contributed by atoms with E-state index in [1.165, 1.54) is 10.4 Å². The SMILES string of the molecule is CCNC(=NCc1sc(C)nc1C)NCCc1c(C)noc1C. The second-order valence-electron chi connectivity index (χ2n) is 5.42. The quantitative estimate of drug-likeness (QED) is 0.627. The minimum atomic E-state index is 0.651. The Hall–Kier alpha value is -1.89. The summed E-state index contributed by atoms with van der Waals surface area (Å²) in [5.41, 5.74) is 3.20. The lowest BCUT2D eigenvalue weighted by Gasteiger charge is -2.11. The fourth-order valence-corrected chi connectivity index (χ4v) is 3.24. The third-order valence-corrected chi connectivity index (χ3v) is 4.63. The van der Waals surface area contributed by atoms with Crippen LogP contribution in [-0.2, 0) is 13.0 Å². The zero-order valence-corrected chi connectivity index (χ0v) is 15.3. The van der Waals surface area contributed by atoms with Crippen molar-refractivity contribution in [2.75, 3.05) is 13.1 Å². The number of guanidine groups is 1. The summed E-state index contributed by atoms with van der Waals surface area (Å²) in [6.45, 7) is 12.3. The number of aryl methyl sites for hydroxylation is 4. The molecule has 0 aromatic carbocycles. The van der Waals surface area contributed by atoms with Gasteiger partial charge in [0.25, 0.3) is 0 Å². The maximum Gasteiger partial charge on any atom is 0.191 e. The van der Waals surface area contributed by atoms with Gasteiger partial charge in [0.05, 0.1) is 22.9 Å². The Labute approximate surface area is 141 Å². The summed E-state index contributed by atoms with van der Waals surface area (Å²) in [5, 5.41) is 11.7. The minimum Gasteiger partial charge on any atom is -0.361 e. The molecular weight excluding hydrogens is 310 g/mol. The van der Waals surface area contributed by atoms with Crippen LogP contribution in [0.25, 0.3) is 0 Å². The largest absolute Gasteiger partial charge is 0.361 e. The molecule has 23 heavy (non-hydrogen) atoms. The van der Waals surface area contributed by atoms with E-state index in [9.17, 15) is 0 Å². The van der Waals surface area contributed by atoms with Crippen molar-refractivity contribution in [1.29, 1.82) is 0 Å². The first-order chi connectivity index (χ1) is 11.0. The van der Waals surface area contributed by atoms with E-state index in [1.807, 2.05) is 27.7 Å². The number of nitrogens with one attached hydrogen (secondary N) is 2. The first kappa shape index (κ1) is 17.5. The third-order valence-electron chi connectivity index (χ3n) is 3.57. The third kappa shape index (κ3) is 4.79. The van der Waals surface area contributed by atoms with Gasteiger partial charge in [-0.25, -0.2) is 9.98 Å². The molecule has 0 atom stereocenters. The van der Waals surface area contributed by atoms with Crippen LogP contribution in [0.2, 0.25) is 0 Å². The van der Waals surface area contributed by atoms with Gasteiger partial charge in [-0.3, -0.25) is 0 Å². The molecule has 0 saturated heterocycles. The number of thiazole rings is 1. The number of aromatic nitrogens is 2. The van der Waals surface area contributed by atoms with Crippen LogP contribution in [0.1, 0.15) is 39.5 Å². The lowest BCUT2D eigenvalue weighted by molar-refractivity contribution is 0.392. The molecular formula is C16H25N5OS. The second-order valence-corrected chi connectivity index (χ2v) is 6.70. The molecule has 0 amide bonds. The highest BCUT2D eigenvalue weighted by atomic mass is 32.1. The number of aliphatic imine (C=N–C) groups is 1. The summed E-state index contributed by atoms with van der Waals surface area (Å²) in [6.07, 6.45) is 0.865. The summed E-state index contributed by atoms with van der Waals surface area (Å²) < 4.78 is 5.19. The topological polar surface area (TPSA) is 75.3 Å². The first-order valence-corrected chi connectivity index (χ1v) is 8.69. The fraction of sp³-hybridized carbons (Fsp3) is 0.562. The standard InChI is InChI=1S/C16H25N5OS/c1-6-17-16(19-9-15-11(3)20-13(5)23-15)18-8-7-14-10(2)21-22-12(14)4/h6-9H2,1-5H3,(H2,17,18,19). The van der Waals surface area contributed by atoms with Gasteiger partial charge in [0, 0.05) is 23.5 Å². The monoisotopic (exact) mass is 335 g/mol. The van der Waals surface area contributed by atoms with Gasteiger partial charge >= 0.3 is 0 Å². The van der Waals surface area contributed by atoms with E-state index in [2.05, 4.69) is 32.7 Å². The van der Waals surface area contributed by atoms with Gasteiger partial charge in [-0.1, -0.05) is 5.16 Å². The van der Waals surface area contributed by atoms with Gasteiger partial charge in [-0.05, 0) is 41.0 Å². The molecule has 2 aromatic rings. The lowest BCUT2D eigenvalue weighted by Crippen LogP contribution is -2.38. The van der Waals surface area contributed by atoms with E-state index >= 15 is 0 Å². The van der Waals surface area contributed by atoms with Gasteiger partial charge in [0.15, 0.2) is 5.96 Å². The second kappa shape index (κ2) is 8.10. The molecule has 126 valence electrons. The molecule has 2 heterocycles. The van der Waals surface area contributed by atoms with Crippen molar-refractivity contribution < 1.29 is 4.52 Å². The summed E-state index contributed by atoms with van der Waals surface area (Å²) in [7, 11) is 0. The highest BCUT2D eigenvalue weighted by molar-refractivity contribution is 7.11. The van der Waals surface area contributed by atoms with Gasteiger partial charge in [-0.2, -0.15) is 0 Å². The Morgan fingerprint density at radius 2 is 1.96 bits per heavy atom. The van der Waals surface area contributed by atoms with Crippen LogP contribution in [0.3, 0.4) is 0 Å². The van der Waals surface area contributed by atoms with E-state index < -0.39 is 0 Å². The molecule has 0 spiro atoms. The molecule has 0 fully saturated rings. The van der Waals surface area contributed by atoms with Crippen molar-refractivity contribution in [2.24, 2.45) is 4.99 Å². The van der Waals surface area contributed by atoms with Crippen LogP contribution < -0.4 is 10.6 Å². The van der Waals surface area contributed by atoms with Crippen molar-refractivity contribution >= 4 is 17.3 Å². The average molecular weight is 335 g/mol. The maximum absolute atomic E-state index is 5.19.